The number of hydrogen-bond acceptors (Lipinski definition) is 8. The molecule has 1 aliphatic carbocycles. The lowest BCUT2D eigenvalue weighted by Crippen LogP contribution is -2.33. The Hall–Kier alpha value is -4.91. The second-order valence-electron chi connectivity index (χ2n) is 10.7. The topological polar surface area (TPSA) is 146 Å². The van der Waals surface area contributed by atoms with Crippen molar-refractivity contribution in [3.8, 4) is 17.0 Å². The van der Waals surface area contributed by atoms with Gasteiger partial charge in [0.25, 0.3) is 5.91 Å². The van der Waals surface area contributed by atoms with Crippen LogP contribution in [-0.4, -0.2) is 57.0 Å². The third-order valence-electron chi connectivity index (χ3n) is 7.71. The molecule has 1 aromatic carbocycles. The van der Waals surface area contributed by atoms with Gasteiger partial charge in [-0.25, -0.2) is 15.0 Å². The van der Waals surface area contributed by atoms with Gasteiger partial charge in [-0.15, -0.1) is 0 Å². The molecule has 44 heavy (non-hydrogen) atoms. The fourth-order valence-corrected chi connectivity index (χ4v) is 5.68. The second kappa shape index (κ2) is 12.8. The Morgan fingerprint density at radius 3 is 2.82 bits per heavy atom. The van der Waals surface area contributed by atoms with Gasteiger partial charge >= 0.3 is 6.61 Å². The third kappa shape index (κ3) is 6.37. The number of pyridine rings is 1. The summed E-state index contributed by atoms with van der Waals surface area (Å²) >= 11 is 0. The van der Waals surface area contributed by atoms with Gasteiger partial charge in [-0.2, -0.15) is 8.78 Å². The smallest absolute Gasteiger partial charge is 0.387 e. The van der Waals surface area contributed by atoms with E-state index in [0.29, 0.717) is 48.6 Å². The van der Waals surface area contributed by atoms with E-state index in [2.05, 4.69) is 25.3 Å². The van der Waals surface area contributed by atoms with Crippen LogP contribution >= 0.6 is 0 Å². The molecule has 13 heteroatoms. The molecule has 1 fully saturated rings. The van der Waals surface area contributed by atoms with Crippen molar-refractivity contribution in [2.24, 2.45) is 0 Å². The van der Waals surface area contributed by atoms with Crippen molar-refractivity contribution in [3.63, 3.8) is 0 Å². The van der Waals surface area contributed by atoms with Crippen molar-refractivity contribution >= 4 is 35.0 Å². The number of nitrogen functional groups attached to an aromatic ring is 1. The van der Waals surface area contributed by atoms with Gasteiger partial charge < -0.3 is 25.8 Å². The SMILES string of the molecule is Nc1ncc2n3c(nc(-c4ccc(C(=O)Nc5cc(OC(F)F)ccn5)cc4)c13)[C@@H]1CC[C@H](C1)NC(=O)CCOCC/C=C/2. The molecule has 4 N–H and O–H groups in total. The minimum atomic E-state index is -2.99. The molecule has 3 aromatic heterocycles. The minimum absolute atomic E-state index is 0.0158. The molecule has 228 valence electrons. The molecule has 2 amide bonds. The number of ether oxygens (including phenoxy) is 2. The zero-order valence-corrected chi connectivity index (χ0v) is 23.7. The number of halogens is 2. The first-order valence-electron chi connectivity index (χ1n) is 14.4. The third-order valence-corrected chi connectivity index (χ3v) is 7.71. The highest BCUT2D eigenvalue weighted by atomic mass is 19.3. The number of rotatable bonds is 5. The van der Waals surface area contributed by atoms with E-state index in [1.54, 1.807) is 30.5 Å². The summed E-state index contributed by atoms with van der Waals surface area (Å²) in [4.78, 5) is 38.9. The zero-order chi connectivity index (χ0) is 30.6. The van der Waals surface area contributed by atoms with E-state index >= 15 is 0 Å². The van der Waals surface area contributed by atoms with Crippen LogP contribution in [0.4, 0.5) is 20.4 Å². The van der Waals surface area contributed by atoms with E-state index < -0.39 is 12.5 Å². The molecule has 11 nitrogen and oxygen atoms in total. The van der Waals surface area contributed by atoms with Crippen molar-refractivity contribution in [3.05, 3.63) is 71.9 Å². The molecule has 2 aliphatic rings. The van der Waals surface area contributed by atoms with Gasteiger partial charge in [0.05, 0.1) is 25.1 Å². The van der Waals surface area contributed by atoms with Crippen LogP contribution in [-0.2, 0) is 9.53 Å². The number of alkyl halides is 2. The van der Waals surface area contributed by atoms with Gasteiger partial charge in [0.2, 0.25) is 5.91 Å². The standard InChI is InChI=1S/C31H31F2N7O4/c32-31(33)44-23-10-12-35-24(16-23)38-30(42)19-6-4-18(5-7-19)26-27-28(34)36-17-22-3-1-2-13-43-14-11-25(41)37-21-9-8-20(15-21)29(39-26)40(22)27/h1,3-7,10,12,16-17,20-21,31H,2,8-9,11,13-15H2,(H2,34,36)(H,37,41)(H,35,38,42)/b3-1+/t20-,21-/m1/s1. The van der Waals surface area contributed by atoms with E-state index in [1.165, 1.54) is 18.3 Å². The molecule has 0 unspecified atom stereocenters. The average molecular weight is 604 g/mol. The van der Waals surface area contributed by atoms with Crippen molar-refractivity contribution in [1.82, 2.24) is 24.7 Å². The lowest BCUT2D eigenvalue weighted by Gasteiger charge is -2.14. The number of nitrogens with one attached hydrogen (secondary N) is 2. The van der Waals surface area contributed by atoms with E-state index in [1.807, 2.05) is 16.6 Å². The number of aromatic nitrogens is 4. The van der Waals surface area contributed by atoms with Gasteiger partial charge in [0, 0.05) is 41.8 Å². The molecule has 1 aliphatic heterocycles. The summed E-state index contributed by atoms with van der Waals surface area (Å²) in [5.74, 6) is 0.709. The lowest BCUT2D eigenvalue weighted by molar-refractivity contribution is -0.122. The van der Waals surface area contributed by atoms with Crippen LogP contribution in [0.2, 0.25) is 0 Å². The van der Waals surface area contributed by atoms with E-state index in [9.17, 15) is 18.4 Å². The normalized spacial score (nSPS) is 19.7. The molecule has 2 atom stereocenters. The number of hydrogen-bond donors (Lipinski definition) is 3. The number of benzene rings is 1. The summed E-state index contributed by atoms with van der Waals surface area (Å²) in [6.07, 6.45) is 10.4. The molecule has 6 rings (SSSR count). The summed E-state index contributed by atoms with van der Waals surface area (Å²) in [6.45, 7) is -2.11. The van der Waals surface area contributed by atoms with Gasteiger partial charge in [0.1, 0.15) is 34.4 Å². The molecule has 0 spiro atoms. The molecule has 4 aromatic rings. The monoisotopic (exact) mass is 603 g/mol. The zero-order valence-electron chi connectivity index (χ0n) is 23.7. The van der Waals surface area contributed by atoms with Crippen LogP contribution in [0.1, 0.15) is 59.9 Å². The van der Waals surface area contributed by atoms with Crippen LogP contribution in [0, 0.1) is 0 Å². The maximum Gasteiger partial charge on any atom is 0.387 e. The summed E-state index contributed by atoms with van der Waals surface area (Å²) in [6, 6.07) is 9.36. The van der Waals surface area contributed by atoms with Crippen molar-refractivity contribution < 1.29 is 27.8 Å². The fraction of sp³-hybridized carbons (Fsp3) is 0.323. The van der Waals surface area contributed by atoms with Gasteiger partial charge in [-0.3, -0.25) is 14.0 Å². The highest BCUT2D eigenvalue weighted by Gasteiger charge is 2.32. The maximum absolute atomic E-state index is 12.9. The highest BCUT2D eigenvalue weighted by Crippen LogP contribution is 2.39. The molecular weight excluding hydrogens is 572 g/mol. The first-order chi connectivity index (χ1) is 21.4. The Morgan fingerprint density at radius 1 is 1.16 bits per heavy atom. The van der Waals surface area contributed by atoms with E-state index in [4.69, 9.17) is 15.5 Å². The first-order valence-corrected chi connectivity index (χ1v) is 14.4. The fourth-order valence-electron chi connectivity index (χ4n) is 5.68. The second-order valence-corrected chi connectivity index (χ2v) is 10.7. The first kappa shape index (κ1) is 29.2. The Labute approximate surface area is 251 Å². The van der Waals surface area contributed by atoms with Crippen molar-refractivity contribution in [1.29, 1.82) is 0 Å². The Bertz CT molecular complexity index is 1710. The van der Waals surface area contributed by atoms with Crippen LogP contribution in [0.5, 0.6) is 5.75 Å². The maximum atomic E-state index is 12.9. The summed E-state index contributed by atoms with van der Waals surface area (Å²) < 4.78 is 37.2. The number of nitrogens with zero attached hydrogens (tertiary/aromatic N) is 4. The molecule has 0 saturated heterocycles. The summed E-state index contributed by atoms with van der Waals surface area (Å²) in [7, 11) is 0. The lowest BCUT2D eigenvalue weighted by atomic mass is 10.1. The largest absolute Gasteiger partial charge is 0.435 e. The van der Waals surface area contributed by atoms with E-state index in [-0.39, 0.29) is 29.4 Å². The number of carbonyl (C=O) groups is 2. The minimum Gasteiger partial charge on any atom is -0.435 e. The number of anilines is 2. The summed E-state index contributed by atoms with van der Waals surface area (Å²) in [5.41, 5.74) is 9.63. The Balaban J connectivity index is 1.32. The quantitative estimate of drug-likeness (QED) is 0.295. The van der Waals surface area contributed by atoms with Crippen LogP contribution in [0.15, 0.2) is 54.9 Å². The van der Waals surface area contributed by atoms with Crippen LogP contribution in [0.25, 0.3) is 22.9 Å². The van der Waals surface area contributed by atoms with Crippen LogP contribution in [0.3, 0.4) is 0 Å². The molecule has 4 heterocycles. The number of fused-ring (bicyclic) bond motifs is 3. The molecule has 0 radical (unpaired) electrons. The number of carbonyl (C=O) groups excluding carboxylic acids is 2. The van der Waals surface area contributed by atoms with Crippen molar-refractivity contribution in [2.45, 2.75) is 50.7 Å². The Kier molecular flexibility index (Phi) is 8.46. The van der Waals surface area contributed by atoms with Crippen molar-refractivity contribution in [2.75, 3.05) is 24.3 Å². The average Bonchev–Trinajstić information content (AvgIpc) is 3.63. The van der Waals surface area contributed by atoms with Gasteiger partial charge in [-0.05, 0) is 50.0 Å². The van der Waals surface area contributed by atoms with E-state index in [0.717, 1.165) is 36.3 Å². The van der Waals surface area contributed by atoms with Gasteiger partial charge in [0.15, 0.2) is 0 Å². The predicted octanol–water partition coefficient (Wildman–Crippen LogP) is 4.80. The molecule has 2 bridgehead atoms. The number of imidazole rings is 1. The number of amides is 2. The molecular formula is C31H31F2N7O4. The van der Waals surface area contributed by atoms with Gasteiger partial charge in [-0.1, -0.05) is 18.2 Å². The Morgan fingerprint density at radius 2 is 2.00 bits per heavy atom. The highest BCUT2D eigenvalue weighted by molar-refractivity contribution is 6.04. The predicted molar refractivity (Wildman–Crippen MR) is 159 cm³/mol. The van der Waals surface area contributed by atoms with Crippen LogP contribution < -0.4 is 21.1 Å². The molecule has 1 saturated carbocycles. The summed E-state index contributed by atoms with van der Waals surface area (Å²) in [5, 5.41) is 5.74. The number of nitrogens with two attached hydrogens (primary N) is 1.